The van der Waals surface area contributed by atoms with Gasteiger partial charge in [-0.15, -0.1) is 0 Å². The van der Waals surface area contributed by atoms with E-state index in [1.165, 1.54) is 0 Å². The number of hydrogen-bond acceptors (Lipinski definition) is 3. The summed E-state index contributed by atoms with van der Waals surface area (Å²) in [5, 5.41) is 0. The van der Waals surface area contributed by atoms with Crippen LogP contribution in [0.15, 0.2) is 48.5 Å². The highest BCUT2D eigenvalue weighted by molar-refractivity contribution is 5.99. The fourth-order valence-electron chi connectivity index (χ4n) is 3.43. The van der Waals surface area contributed by atoms with Gasteiger partial charge in [0.05, 0.1) is 7.11 Å². The van der Waals surface area contributed by atoms with Crippen LogP contribution < -0.4 is 4.74 Å². The molecule has 26 heavy (non-hydrogen) atoms. The van der Waals surface area contributed by atoms with Crippen LogP contribution in [0.2, 0.25) is 0 Å². The van der Waals surface area contributed by atoms with Crippen LogP contribution in [-0.2, 0) is 4.79 Å². The maximum absolute atomic E-state index is 13.0. The minimum absolute atomic E-state index is 0.0169. The van der Waals surface area contributed by atoms with Crippen LogP contribution in [0, 0.1) is 0 Å². The van der Waals surface area contributed by atoms with Crippen molar-refractivity contribution in [3.8, 4) is 16.9 Å². The van der Waals surface area contributed by atoms with Crippen LogP contribution in [0.4, 0.5) is 0 Å². The van der Waals surface area contributed by atoms with E-state index in [-0.39, 0.29) is 17.9 Å². The van der Waals surface area contributed by atoms with Gasteiger partial charge in [-0.25, -0.2) is 0 Å². The zero-order chi connectivity index (χ0) is 18.7. The first kappa shape index (κ1) is 18.0. The second-order valence-corrected chi connectivity index (χ2v) is 6.67. The Balaban J connectivity index is 1.90. The first-order chi connectivity index (χ1) is 12.5. The van der Waals surface area contributed by atoms with Gasteiger partial charge in [0.1, 0.15) is 11.8 Å². The summed E-state index contributed by atoms with van der Waals surface area (Å²) in [5.74, 6) is 0.648. The van der Waals surface area contributed by atoms with E-state index in [0.29, 0.717) is 12.1 Å². The zero-order valence-corrected chi connectivity index (χ0v) is 15.4. The molecular formula is C21H24N2O3. The number of likely N-dealkylation sites (tertiary alicyclic amines) is 1. The molecule has 0 radical (unpaired) electrons. The Hall–Kier alpha value is -2.82. The van der Waals surface area contributed by atoms with Gasteiger partial charge < -0.3 is 14.5 Å². The van der Waals surface area contributed by atoms with E-state index >= 15 is 0 Å². The lowest BCUT2D eigenvalue weighted by Crippen LogP contribution is -2.45. The SMILES string of the molecule is COc1ccccc1-c1cccc(C(=O)N2CCC[C@H]2C(=O)N(C)C)c1. The predicted octanol–water partition coefficient (Wildman–Crippen LogP) is 3.06. The van der Waals surface area contributed by atoms with E-state index in [2.05, 4.69) is 0 Å². The molecule has 0 aliphatic carbocycles. The number of nitrogens with zero attached hydrogens (tertiary/aromatic N) is 2. The minimum atomic E-state index is -0.368. The number of likely N-dealkylation sites (N-methyl/N-ethyl adjacent to an activating group) is 1. The Morgan fingerprint density at radius 3 is 2.62 bits per heavy atom. The predicted molar refractivity (Wildman–Crippen MR) is 101 cm³/mol. The largest absolute Gasteiger partial charge is 0.496 e. The van der Waals surface area contributed by atoms with Crippen LogP contribution in [0.3, 0.4) is 0 Å². The summed E-state index contributed by atoms with van der Waals surface area (Å²) < 4.78 is 5.43. The topological polar surface area (TPSA) is 49.9 Å². The molecule has 136 valence electrons. The Morgan fingerprint density at radius 2 is 1.88 bits per heavy atom. The fraction of sp³-hybridized carbons (Fsp3) is 0.333. The highest BCUT2D eigenvalue weighted by Gasteiger charge is 2.35. The molecule has 1 heterocycles. The Kier molecular flexibility index (Phi) is 5.26. The molecule has 5 heteroatoms. The van der Waals surface area contributed by atoms with Crippen LogP contribution >= 0.6 is 0 Å². The number of carbonyl (C=O) groups excluding carboxylic acids is 2. The van der Waals surface area contributed by atoms with Gasteiger partial charge >= 0.3 is 0 Å². The van der Waals surface area contributed by atoms with Crippen molar-refractivity contribution in [2.75, 3.05) is 27.7 Å². The van der Waals surface area contributed by atoms with E-state index in [9.17, 15) is 9.59 Å². The van der Waals surface area contributed by atoms with Crippen LogP contribution in [0.5, 0.6) is 5.75 Å². The molecule has 0 saturated carbocycles. The summed E-state index contributed by atoms with van der Waals surface area (Å²) >= 11 is 0. The molecule has 3 rings (SSSR count). The summed E-state index contributed by atoms with van der Waals surface area (Å²) in [4.78, 5) is 28.7. The molecule has 2 amide bonds. The number of benzene rings is 2. The van der Waals surface area contributed by atoms with Crippen molar-refractivity contribution in [2.45, 2.75) is 18.9 Å². The normalized spacial score (nSPS) is 16.4. The highest BCUT2D eigenvalue weighted by atomic mass is 16.5. The minimum Gasteiger partial charge on any atom is -0.496 e. The Bertz CT molecular complexity index is 816. The second kappa shape index (κ2) is 7.60. The number of para-hydroxylation sites is 1. The monoisotopic (exact) mass is 352 g/mol. The molecule has 1 fully saturated rings. The molecule has 0 bridgehead atoms. The van der Waals surface area contributed by atoms with Gasteiger partial charge in [0.2, 0.25) is 5.91 Å². The average Bonchev–Trinajstić information content (AvgIpc) is 3.16. The van der Waals surface area contributed by atoms with Gasteiger partial charge in [0.15, 0.2) is 0 Å². The first-order valence-corrected chi connectivity index (χ1v) is 8.78. The van der Waals surface area contributed by atoms with Crippen molar-refractivity contribution >= 4 is 11.8 Å². The Morgan fingerprint density at radius 1 is 1.12 bits per heavy atom. The third-order valence-electron chi connectivity index (χ3n) is 4.77. The van der Waals surface area contributed by atoms with Crippen molar-refractivity contribution in [3.05, 3.63) is 54.1 Å². The first-order valence-electron chi connectivity index (χ1n) is 8.78. The fourth-order valence-corrected chi connectivity index (χ4v) is 3.43. The zero-order valence-electron chi connectivity index (χ0n) is 15.4. The third kappa shape index (κ3) is 3.43. The van der Waals surface area contributed by atoms with E-state index in [1.807, 2.05) is 42.5 Å². The van der Waals surface area contributed by atoms with Crippen LogP contribution in [-0.4, -0.2) is 55.4 Å². The van der Waals surface area contributed by atoms with Gasteiger partial charge in [-0.1, -0.05) is 30.3 Å². The molecular weight excluding hydrogens is 328 g/mol. The van der Waals surface area contributed by atoms with Crippen molar-refractivity contribution in [1.82, 2.24) is 9.80 Å². The summed E-state index contributed by atoms with van der Waals surface area (Å²) in [5.41, 5.74) is 2.45. The molecule has 1 aliphatic heterocycles. The number of ether oxygens (including phenoxy) is 1. The number of hydrogen-bond donors (Lipinski definition) is 0. The molecule has 1 saturated heterocycles. The van der Waals surface area contributed by atoms with E-state index in [0.717, 1.165) is 29.7 Å². The van der Waals surface area contributed by atoms with Gasteiger partial charge in [0.25, 0.3) is 5.91 Å². The molecule has 0 N–H and O–H groups in total. The lowest BCUT2D eigenvalue weighted by molar-refractivity contribution is -0.132. The molecule has 0 aromatic heterocycles. The van der Waals surface area contributed by atoms with Crippen LogP contribution in [0.25, 0.3) is 11.1 Å². The summed E-state index contributed by atoms with van der Waals surface area (Å²) in [7, 11) is 5.09. The highest BCUT2D eigenvalue weighted by Crippen LogP contribution is 2.31. The van der Waals surface area contributed by atoms with E-state index in [4.69, 9.17) is 4.74 Å². The van der Waals surface area contributed by atoms with Crippen molar-refractivity contribution in [3.63, 3.8) is 0 Å². The molecule has 2 aromatic carbocycles. The lowest BCUT2D eigenvalue weighted by atomic mass is 10.0. The summed E-state index contributed by atoms with van der Waals surface area (Å²) in [6, 6.07) is 14.9. The molecule has 1 aliphatic rings. The van der Waals surface area contributed by atoms with Gasteiger partial charge in [-0.2, -0.15) is 0 Å². The maximum Gasteiger partial charge on any atom is 0.254 e. The van der Waals surface area contributed by atoms with Crippen molar-refractivity contribution in [2.24, 2.45) is 0 Å². The molecule has 5 nitrogen and oxygen atoms in total. The Labute approximate surface area is 154 Å². The van der Waals surface area contributed by atoms with E-state index < -0.39 is 0 Å². The quantitative estimate of drug-likeness (QED) is 0.850. The van der Waals surface area contributed by atoms with Gasteiger partial charge in [-0.05, 0) is 36.6 Å². The smallest absolute Gasteiger partial charge is 0.254 e. The molecule has 1 atom stereocenters. The summed E-state index contributed by atoms with van der Waals surface area (Å²) in [6.07, 6.45) is 1.57. The maximum atomic E-state index is 13.0. The lowest BCUT2D eigenvalue weighted by Gasteiger charge is -2.26. The average molecular weight is 352 g/mol. The van der Waals surface area contributed by atoms with Crippen LogP contribution in [0.1, 0.15) is 23.2 Å². The molecule has 0 unspecified atom stereocenters. The van der Waals surface area contributed by atoms with Gasteiger partial charge in [0, 0.05) is 31.8 Å². The molecule has 0 spiro atoms. The number of amides is 2. The van der Waals surface area contributed by atoms with E-state index in [1.54, 1.807) is 37.1 Å². The standard InChI is InChI=1S/C21H24N2O3/c1-22(2)21(25)18-11-7-13-23(18)20(24)16-9-6-8-15(14-16)17-10-4-5-12-19(17)26-3/h4-6,8-10,12,14,18H,7,11,13H2,1-3H3/t18-/m0/s1. The number of carbonyl (C=O) groups is 2. The second-order valence-electron chi connectivity index (χ2n) is 6.67. The van der Waals surface area contributed by atoms with Crippen molar-refractivity contribution < 1.29 is 14.3 Å². The number of methoxy groups -OCH3 is 1. The van der Waals surface area contributed by atoms with Gasteiger partial charge in [-0.3, -0.25) is 9.59 Å². The molecule has 2 aromatic rings. The third-order valence-corrected chi connectivity index (χ3v) is 4.77. The van der Waals surface area contributed by atoms with Crippen molar-refractivity contribution in [1.29, 1.82) is 0 Å². The summed E-state index contributed by atoms with van der Waals surface area (Å²) in [6.45, 7) is 0.613. The number of rotatable bonds is 4.